The van der Waals surface area contributed by atoms with E-state index in [1.807, 2.05) is 141 Å². The Balaban J connectivity index is -0.000000236. The molecule has 6 aromatic heterocycles. The second-order valence-electron chi connectivity index (χ2n) is 34.1. The van der Waals surface area contributed by atoms with Gasteiger partial charge in [0.05, 0.1) is 30.7 Å². The van der Waals surface area contributed by atoms with E-state index in [1.165, 1.54) is 57.8 Å². The number of carbonyl (C=O) groups is 6. The van der Waals surface area contributed by atoms with Crippen molar-refractivity contribution in [3.63, 3.8) is 0 Å². The van der Waals surface area contributed by atoms with Gasteiger partial charge >= 0.3 is 133 Å². The van der Waals surface area contributed by atoms with Crippen LogP contribution in [0.4, 0.5) is 27.6 Å². The number of rotatable bonds is 8. The second kappa shape index (κ2) is 81.2. The van der Waals surface area contributed by atoms with Gasteiger partial charge < -0.3 is 35.6 Å². The van der Waals surface area contributed by atoms with Crippen LogP contribution in [0.1, 0.15) is 166 Å². The normalized spacial score (nSPS) is 9.74. The van der Waals surface area contributed by atoms with Crippen molar-refractivity contribution in [3.8, 4) is 47.6 Å². The quantitative estimate of drug-likeness (QED) is 0.00767. The molecule has 4 aromatic carbocycles. The van der Waals surface area contributed by atoms with Gasteiger partial charge in [0.15, 0.2) is 6.20 Å². The van der Waals surface area contributed by atoms with E-state index in [0.717, 1.165) is 72.0 Å². The van der Waals surface area contributed by atoms with E-state index in [1.54, 1.807) is 111 Å². The average molecular weight is 2260 g/mol. The predicted molar refractivity (Wildman–Crippen MR) is 566 cm³/mol. The smallest absolute Gasteiger partial charge is 1.00 e. The summed E-state index contributed by atoms with van der Waals surface area (Å²) in [6, 6.07) is 46.2. The number of carbonyl (C=O) groups excluding carboxylic acids is 6. The van der Waals surface area contributed by atoms with Crippen LogP contribution in [-0.4, -0.2) is 123 Å². The topological polar surface area (TPSA) is 412 Å². The number of hydrogen-bond acceptors (Lipinski definition) is 25. The van der Waals surface area contributed by atoms with Crippen LogP contribution in [0.15, 0.2) is 180 Å². The van der Waals surface area contributed by atoms with Crippen molar-refractivity contribution in [1.82, 2.24) is 35.9 Å². The molecule has 10 aromatic rings. The number of nitrogens with one attached hydrogen (secondary N) is 2. The number of hydrogen-bond donors (Lipinski definition) is 5. The zero-order valence-electron chi connectivity index (χ0n) is 89.8. The Morgan fingerprint density at radius 3 is 1.19 bits per heavy atom. The molecule has 10 rings (SSSR count). The molecule has 0 atom stereocenters. The van der Waals surface area contributed by atoms with E-state index in [2.05, 4.69) is 227 Å². The minimum absolute atomic E-state index is 0. The van der Waals surface area contributed by atoms with E-state index in [0.29, 0.717) is 45.8 Å². The largest absolute Gasteiger partial charge is 1.00 e. The maximum absolute atomic E-state index is 11.4. The molecule has 0 fully saturated rings. The number of esters is 1. The molecule has 2 amide bonds. The number of hydroxylamine groups is 2. The third-order valence-corrected chi connectivity index (χ3v) is 20.3. The van der Waals surface area contributed by atoms with Gasteiger partial charge in [-0.3, -0.25) is 29.5 Å². The molecule has 7 N–H and O–H groups in total. The summed E-state index contributed by atoms with van der Waals surface area (Å²) >= 11 is 18.9. The first kappa shape index (κ1) is 149. The molecule has 782 valence electrons. The van der Waals surface area contributed by atoms with E-state index in [4.69, 9.17) is 88.1 Å². The molecule has 0 aliphatic heterocycles. The van der Waals surface area contributed by atoms with Crippen molar-refractivity contribution in [2.24, 2.45) is 5.90 Å². The van der Waals surface area contributed by atoms with Gasteiger partial charge in [0.25, 0.3) is 15.5 Å². The van der Waals surface area contributed by atoms with E-state index in [-0.39, 0.29) is 122 Å². The summed E-state index contributed by atoms with van der Waals surface area (Å²) in [5.41, 5.74) is 30.4. The summed E-state index contributed by atoms with van der Waals surface area (Å²) in [7, 11) is 1.83. The molecule has 0 bridgehead atoms. The zero-order chi connectivity index (χ0) is 111. The Bertz CT molecular complexity index is 5750. The maximum atomic E-state index is 11.4. The van der Waals surface area contributed by atoms with E-state index < -0.39 is 72.4 Å². The molecule has 0 saturated carbocycles. The number of nitrogen functional groups attached to an aromatic ring is 1. The molecular formula is C104H136BrCl4F3K2N10O18SSi2. The third-order valence-electron chi connectivity index (χ3n) is 15.9. The van der Waals surface area contributed by atoms with Gasteiger partial charge in [-0.1, -0.05) is 180 Å². The number of methoxy groups -OCH3 is 2. The summed E-state index contributed by atoms with van der Waals surface area (Å²) in [5.74, 6) is 20.3. The minimum Gasteiger partial charge on any atom is -1.00 e. The fourth-order valence-electron chi connectivity index (χ4n) is 10.3. The van der Waals surface area contributed by atoms with Crippen molar-refractivity contribution in [2.45, 2.75) is 234 Å². The van der Waals surface area contributed by atoms with Crippen molar-refractivity contribution in [2.75, 3.05) is 20.1 Å². The minimum atomic E-state index is -4.64. The number of benzene rings is 4. The van der Waals surface area contributed by atoms with Gasteiger partial charge in [0.1, 0.15) is 60.7 Å². The zero-order valence-corrected chi connectivity index (χ0v) is 102. The Hall–Kier alpha value is -8.71. The van der Waals surface area contributed by atoms with E-state index in [9.17, 15) is 45.9 Å². The average Bonchev–Trinajstić information content (AvgIpc) is 0.808. The fourth-order valence-corrected chi connectivity index (χ4v) is 13.2. The summed E-state index contributed by atoms with van der Waals surface area (Å²) in [5, 5.41) is 28.4. The van der Waals surface area contributed by atoms with Crippen LogP contribution in [0.2, 0.25) is 49.3 Å². The number of alkyl halides is 3. The number of halogens is 8. The Morgan fingerprint density at radius 2 is 0.931 bits per heavy atom. The maximum Gasteiger partial charge on any atom is 1.00 e. The number of aromatic nitrogens is 6. The van der Waals surface area contributed by atoms with Crippen LogP contribution < -0.4 is 141 Å². The predicted octanol–water partition coefficient (Wildman–Crippen LogP) is 15.4. The van der Waals surface area contributed by atoms with Crippen LogP contribution in [-0.2, 0) is 76.8 Å². The first-order valence-electron chi connectivity index (χ1n) is 42.9. The second-order valence-corrected chi connectivity index (χ2v) is 48.1. The molecule has 0 aliphatic rings. The molecule has 0 saturated heterocycles. The van der Waals surface area contributed by atoms with Gasteiger partial charge in [-0.15, -0.1) is 30.5 Å². The fraction of sp³-hybridized carbons (Fsp3) is 0.346. The summed E-state index contributed by atoms with van der Waals surface area (Å²) in [6.07, 6.45) is 9.74. The number of terminal acetylenes is 2. The van der Waals surface area contributed by atoms with Gasteiger partial charge in [-0.25, -0.2) is 64.8 Å². The summed E-state index contributed by atoms with van der Waals surface area (Å²) in [6.45, 7) is 55.8. The molecule has 0 spiro atoms. The monoisotopic (exact) mass is 2250 g/mol. The molecule has 6 heterocycles. The van der Waals surface area contributed by atoms with Crippen LogP contribution in [0.25, 0.3) is 0 Å². The summed E-state index contributed by atoms with van der Waals surface area (Å²) in [4.78, 5) is 92.0. The van der Waals surface area contributed by atoms with Crippen molar-refractivity contribution in [1.29, 1.82) is 0 Å². The van der Waals surface area contributed by atoms with E-state index >= 15 is 0 Å². The first-order chi connectivity index (χ1) is 66.0. The van der Waals surface area contributed by atoms with Crippen molar-refractivity contribution >= 4 is 123 Å². The number of nitrogens with two attached hydrogens (primary N) is 2. The van der Waals surface area contributed by atoms with Crippen molar-refractivity contribution in [3.05, 3.63) is 308 Å². The van der Waals surface area contributed by atoms with Crippen LogP contribution >= 0.6 is 61.4 Å². The number of aryl methyl sites for hydroxylation is 16. The van der Waals surface area contributed by atoms with Gasteiger partial charge in [-0.2, -0.15) is 18.7 Å². The molecule has 41 heteroatoms. The van der Waals surface area contributed by atoms with Gasteiger partial charge in [0, 0.05) is 69.4 Å². The molecule has 0 unspecified atom stereocenters. The summed E-state index contributed by atoms with van der Waals surface area (Å²) < 4.78 is 73.8. The Labute approximate surface area is 971 Å². The Kier molecular flexibility index (Phi) is 83.6. The molecular weight excluding hydrogens is 2120 g/mol. The number of amides is 2. The van der Waals surface area contributed by atoms with Crippen LogP contribution in [0.5, 0.6) is 0 Å². The standard InChI is InChI=1S/C15H23NO3.C11H15NSi.C10H9NO2.C10H15NO.C10H13O.C9H11ClO2S.C8H7N.C6H6BrN.C5H6ClN2.C5H4ClN.C5H11NO3.C5H10Si.C2H3ClO2.C2HF3O.CH2O3.2K.H/c1-10-7-11(2)13(12(3)8-10)9-18-16-14(17)19-15(4,5)6;1-10-6-5-7-11(12-10)8-9-13(2,3)4;1-8-4-3-5-9(11-8)6-7-10(12)13-2;1-7-4-8(2)10(6-12-11)9(3)5-7;1-7-4-8(2)10(6-11)9(3)5-7;1-6-4-7(2)9(8(3)5-6)13(10,11)12;1-3-8-6-4-5-7(2)9-8;1-5-3-2-4-6(7)8-5;6-5-2-1-3-8(7)4-5;6-5-2-1-3-7-4-5;1-5(2,3)9-4(7)6-8;1-5-6(2,3)4;1-5-2(3)4;3-2(4,5)1-6;2-1-4-3;;;/h7-8H,9H2,1-6H3,(H,16,17);5-7H,1-4H3;3-5H,1-2H3;4-5H,6,11H2,1-3H3;4-5H,6H2,1-3H3;4-5H,1-3H3;1,4-6H,2H3;2-4H,1H3;1-4H,7H2;1-4H;8H,1-3H3,(H,6,7);1H,2-4H3;1H3;1H;1,3H;;;/q;;;;-1;;;;+1;;;;;;;2*+1;-1/p-1. The van der Waals surface area contributed by atoms with Crippen LogP contribution in [0.3, 0.4) is 0 Å². The number of pyridine rings is 6. The van der Waals surface area contributed by atoms with Gasteiger partial charge in [-0.05, 0) is 297 Å². The van der Waals surface area contributed by atoms with Gasteiger partial charge in [0.2, 0.25) is 12.5 Å². The molecule has 145 heavy (non-hydrogen) atoms. The number of nitrogens with zero attached hydrogens (tertiary/aromatic N) is 6. The first-order valence-corrected chi connectivity index (χ1v) is 54.1. The number of ether oxygens (including phenoxy) is 4. The van der Waals surface area contributed by atoms with Crippen molar-refractivity contribution < 1.29 is 208 Å². The number of aldehydes is 1. The SMILES string of the molecule is C#C[Si](C)(C)C.C#Cc1cccc(C)n1.CC(C)(C)OC(=O)NO.COC(=O)C#Cc1cccc(C)n1.COC(=O)Cl.Cc1cc(C)c(CON)c(C)c1.Cc1cc(C)c(CONC(=O)OC(C)(C)C)c(C)c1.Cc1cc(C)c(C[O-])c(C)c1.Cc1cc(C)c(S(=O)(=O)Cl)c(C)c1.Cc1cccc(Br)n1.Cc1cccc(C#C[Si](C)(C)C)n1.Clc1cccnc1.N[n+]1cccc(Cl)c1.O=CC(F)(F)F.O=CO[O-].[H-].[K+].[K+]. The third kappa shape index (κ3) is 86.9. The molecule has 28 nitrogen and oxygen atoms in total. The Morgan fingerprint density at radius 1 is 0.572 bits per heavy atom. The molecule has 0 aliphatic carbocycles. The molecule has 0 radical (unpaired) electrons. The van der Waals surface area contributed by atoms with Crippen LogP contribution in [0, 0.1) is 158 Å².